The number of fused-ring (bicyclic) bond motifs is 1. The molecule has 0 radical (unpaired) electrons. The number of H-pyrrole nitrogens is 1. The van der Waals surface area contributed by atoms with Crippen LogP contribution in [0.3, 0.4) is 0 Å². The summed E-state index contributed by atoms with van der Waals surface area (Å²) in [5.74, 6) is -0.121. The molecule has 1 amide bonds. The maximum absolute atomic E-state index is 13.1. The second kappa shape index (κ2) is 7.21. The van der Waals surface area contributed by atoms with Gasteiger partial charge in [-0.05, 0) is 26.2 Å². The Labute approximate surface area is 162 Å². The molecule has 3 aromatic heterocycles. The van der Waals surface area contributed by atoms with Crippen molar-refractivity contribution in [1.29, 1.82) is 0 Å². The monoisotopic (exact) mass is 383 g/mol. The fourth-order valence-electron chi connectivity index (χ4n) is 4.09. The van der Waals surface area contributed by atoms with Crippen molar-refractivity contribution in [3.63, 3.8) is 0 Å². The number of hydrogen-bond acceptors (Lipinski definition) is 5. The van der Waals surface area contributed by atoms with Gasteiger partial charge < -0.3 is 4.90 Å². The van der Waals surface area contributed by atoms with E-state index in [4.69, 9.17) is 0 Å². The van der Waals surface area contributed by atoms with Gasteiger partial charge in [0.2, 0.25) is 5.91 Å². The van der Waals surface area contributed by atoms with E-state index in [9.17, 15) is 9.59 Å². The largest absolute Gasteiger partial charge is 0.334 e. The van der Waals surface area contributed by atoms with Gasteiger partial charge in [0.1, 0.15) is 12.7 Å². The molecule has 0 bridgehead atoms. The molecule has 1 aliphatic heterocycles. The summed E-state index contributed by atoms with van der Waals surface area (Å²) in [7, 11) is 0. The van der Waals surface area contributed by atoms with Crippen LogP contribution in [0.25, 0.3) is 5.65 Å². The van der Waals surface area contributed by atoms with Crippen LogP contribution in [0.15, 0.2) is 23.5 Å². The van der Waals surface area contributed by atoms with Gasteiger partial charge in [0.05, 0.1) is 24.2 Å². The lowest BCUT2D eigenvalue weighted by molar-refractivity contribution is -0.136. The molecule has 3 aromatic rings. The van der Waals surface area contributed by atoms with Crippen LogP contribution < -0.4 is 5.56 Å². The Morgan fingerprint density at radius 2 is 2.25 bits per heavy atom. The van der Waals surface area contributed by atoms with Crippen LogP contribution in [0, 0.1) is 12.8 Å². The van der Waals surface area contributed by atoms with Gasteiger partial charge in [-0.25, -0.2) is 14.5 Å². The number of nitrogens with one attached hydrogen (secondary N) is 1. The summed E-state index contributed by atoms with van der Waals surface area (Å²) in [5.41, 5.74) is 2.87. The van der Waals surface area contributed by atoms with E-state index in [1.54, 1.807) is 11.0 Å². The number of likely N-dealkylation sites (tertiary alicyclic amines) is 1. The molecule has 0 aliphatic carbocycles. The van der Waals surface area contributed by atoms with Gasteiger partial charge in [-0.3, -0.25) is 19.4 Å². The molecule has 4 rings (SSSR count). The van der Waals surface area contributed by atoms with Crippen LogP contribution in [0.2, 0.25) is 0 Å². The lowest BCUT2D eigenvalue weighted by Gasteiger charge is -2.26. The second-order valence-corrected chi connectivity index (χ2v) is 7.45. The van der Waals surface area contributed by atoms with Gasteiger partial charge in [0.25, 0.3) is 5.56 Å². The number of carbonyl (C=O) groups is 1. The van der Waals surface area contributed by atoms with E-state index in [1.807, 2.05) is 31.7 Å². The highest BCUT2D eigenvalue weighted by Crippen LogP contribution is 2.32. The first-order valence-corrected chi connectivity index (χ1v) is 9.73. The van der Waals surface area contributed by atoms with Crippen molar-refractivity contribution in [3.8, 4) is 0 Å². The van der Waals surface area contributed by atoms with Crippen molar-refractivity contribution in [2.24, 2.45) is 5.92 Å². The van der Waals surface area contributed by atoms with Crippen molar-refractivity contribution >= 4 is 11.6 Å². The number of carbonyl (C=O) groups excluding carboxylic acids is 1. The summed E-state index contributed by atoms with van der Waals surface area (Å²) in [4.78, 5) is 36.2. The summed E-state index contributed by atoms with van der Waals surface area (Å²) in [5, 5.41) is 7.29. The molecule has 0 spiro atoms. The average Bonchev–Trinajstić information content (AvgIpc) is 3.41. The smallest absolute Gasteiger partial charge is 0.276 e. The van der Waals surface area contributed by atoms with Crippen molar-refractivity contribution in [1.82, 2.24) is 34.3 Å². The Balaban J connectivity index is 1.62. The number of aromatic amines is 1. The lowest BCUT2D eigenvalue weighted by Crippen LogP contribution is -2.36. The summed E-state index contributed by atoms with van der Waals surface area (Å²) in [6.07, 6.45) is 5.53. The van der Waals surface area contributed by atoms with E-state index < -0.39 is 0 Å². The maximum Gasteiger partial charge on any atom is 0.276 e. The highest BCUT2D eigenvalue weighted by Gasteiger charge is 2.34. The van der Waals surface area contributed by atoms with Crippen LogP contribution in [0.4, 0.5) is 0 Å². The predicted octanol–water partition coefficient (Wildman–Crippen LogP) is 1.48. The summed E-state index contributed by atoms with van der Waals surface area (Å²) >= 11 is 0. The number of hydrogen-bond donors (Lipinski definition) is 1. The molecule has 148 valence electrons. The molecular weight excluding hydrogens is 358 g/mol. The Morgan fingerprint density at radius 1 is 1.43 bits per heavy atom. The minimum atomic E-state index is -0.207. The van der Waals surface area contributed by atoms with Crippen LogP contribution >= 0.6 is 0 Å². The minimum Gasteiger partial charge on any atom is -0.334 e. The summed E-state index contributed by atoms with van der Waals surface area (Å²) < 4.78 is 3.18. The van der Waals surface area contributed by atoms with Gasteiger partial charge in [0, 0.05) is 23.9 Å². The molecule has 4 heterocycles. The molecule has 1 fully saturated rings. The minimum absolute atomic E-state index is 0.0633. The van der Waals surface area contributed by atoms with Gasteiger partial charge >= 0.3 is 0 Å². The molecule has 28 heavy (non-hydrogen) atoms. The fourth-order valence-corrected chi connectivity index (χ4v) is 4.09. The van der Waals surface area contributed by atoms with Crippen molar-refractivity contribution < 1.29 is 4.79 Å². The van der Waals surface area contributed by atoms with Crippen molar-refractivity contribution in [2.75, 3.05) is 6.54 Å². The topological polar surface area (TPSA) is 101 Å². The zero-order valence-electron chi connectivity index (χ0n) is 16.4. The van der Waals surface area contributed by atoms with Crippen LogP contribution in [-0.4, -0.2) is 46.7 Å². The van der Waals surface area contributed by atoms with Crippen molar-refractivity contribution in [3.05, 3.63) is 46.0 Å². The Hall–Kier alpha value is -2.97. The highest BCUT2D eigenvalue weighted by molar-refractivity contribution is 5.79. The van der Waals surface area contributed by atoms with E-state index in [0.29, 0.717) is 30.7 Å². The number of rotatable bonds is 5. The van der Waals surface area contributed by atoms with Crippen molar-refractivity contribution in [2.45, 2.75) is 52.6 Å². The van der Waals surface area contributed by atoms with E-state index in [1.165, 1.54) is 10.8 Å². The summed E-state index contributed by atoms with van der Waals surface area (Å²) in [6, 6.07) is 1.82. The van der Waals surface area contributed by atoms with E-state index in [2.05, 4.69) is 20.2 Å². The third kappa shape index (κ3) is 3.10. The first kappa shape index (κ1) is 18.4. The van der Waals surface area contributed by atoms with Gasteiger partial charge in [-0.2, -0.15) is 5.10 Å². The standard InChI is InChI=1S/C19H25N7O2/c1-4-14-13(3)22-17-8-15(23-26(17)19(14)28)16-6-5-7-25(16)18(27)12(2)9-24-11-20-10-21-24/h8,10-12,16,23H,4-7,9H2,1-3H3. The normalized spacial score (nSPS) is 18.1. The van der Waals surface area contributed by atoms with Gasteiger partial charge in [0.15, 0.2) is 5.65 Å². The molecule has 1 N–H and O–H groups in total. The molecule has 2 unspecified atom stereocenters. The molecule has 0 aromatic carbocycles. The third-order valence-corrected chi connectivity index (χ3v) is 5.53. The zero-order valence-corrected chi connectivity index (χ0v) is 16.4. The zero-order chi connectivity index (χ0) is 19.8. The number of nitrogens with zero attached hydrogens (tertiary/aromatic N) is 6. The fraction of sp³-hybridized carbons (Fsp3) is 0.526. The first-order valence-electron chi connectivity index (χ1n) is 9.73. The Morgan fingerprint density at radius 3 is 2.96 bits per heavy atom. The molecule has 2 atom stereocenters. The first-order chi connectivity index (χ1) is 13.5. The average molecular weight is 383 g/mol. The van der Waals surface area contributed by atoms with E-state index >= 15 is 0 Å². The quantitative estimate of drug-likeness (QED) is 0.719. The number of aryl methyl sites for hydroxylation is 1. The third-order valence-electron chi connectivity index (χ3n) is 5.53. The molecule has 9 nitrogen and oxygen atoms in total. The predicted molar refractivity (Wildman–Crippen MR) is 103 cm³/mol. The second-order valence-electron chi connectivity index (χ2n) is 7.45. The molecule has 1 saturated heterocycles. The molecular formula is C19H25N7O2. The van der Waals surface area contributed by atoms with E-state index in [-0.39, 0.29) is 23.4 Å². The molecule has 1 aliphatic rings. The number of aromatic nitrogens is 6. The molecule has 9 heteroatoms. The van der Waals surface area contributed by atoms with E-state index in [0.717, 1.165) is 24.2 Å². The highest BCUT2D eigenvalue weighted by atomic mass is 16.2. The van der Waals surface area contributed by atoms with Crippen LogP contribution in [-0.2, 0) is 17.8 Å². The maximum atomic E-state index is 13.1. The number of amides is 1. The molecule has 0 saturated carbocycles. The van der Waals surface area contributed by atoms with Gasteiger partial charge in [-0.15, -0.1) is 0 Å². The lowest BCUT2D eigenvalue weighted by atomic mass is 10.1. The van der Waals surface area contributed by atoms with Gasteiger partial charge in [-0.1, -0.05) is 13.8 Å². The Kier molecular flexibility index (Phi) is 4.74. The summed E-state index contributed by atoms with van der Waals surface area (Å²) in [6.45, 7) is 6.93. The Bertz CT molecular complexity index is 1050. The van der Waals surface area contributed by atoms with Crippen LogP contribution in [0.5, 0.6) is 0 Å². The van der Waals surface area contributed by atoms with Crippen LogP contribution in [0.1, 0.15) is 49.7 Å². The SMILES string of the molecule is CCc1c(C)nc2cc(C3CCCN3C(=O)C(C)Cn3cncn3)[nH]n2c1=O.